The number of β-amino-alcohol motifs (C(OH)–C–C–N with tert-alkyl or cyclic N) is 1. The number of carbonyl (C=O) groups excluding carboxylic acids is 2. The quantitative estimate of drug-likeness (QED) is 0.564. The van der Waals surface area contributed by atoms with Gasteiger partial charge in [-0.15, -0.1) is 0 Å². The predicted molar refractivity (Wildman–Crippen MR) is 79.9 cm³/mol. The molecular weight excluding hydrogens is 326 g/mol. The maximum atomic E-state index is 12.0. The van der Waals surface area contributed by atoms with Gasteiger partial charge in [0.1, 0.15) is 16.3 Å². The van der Waals surface area contributed by atoms with Crippen molar-refractivity contribution in [1.82, 2.24) is 4.90 Å². The molecule has 0 aliphatic carbocycles. The minimum absolute atomic E-state index is 0.00193. The molecule has 10 heteroatoms. The van der Waals surface area contributed by atoms with Crippen LogP contribution in [0.3, 0.4) is 0 Å². The number of imide groups is 1. The number of aliphatic hydroxyl groups is 1. The fraction of sp³-hybridized carbons (Fsp3) is 0.231. The van der Waals surface area contributed by atoms with Crippen LogP contribution < -0.4 is 15.2 Å². The van der Waals surface area contributed by atoms with Crippen molar-refractivity contribution in [2.75, 3.05) is 25.6 Å². The summed E-state index contributed by atoms with van der Waals surface area (Å²) in [7, 11) is -2.67. The molecule has 1 aliphatic heterocycles. The Kier molecular flexibility index (Phi) is 4.68. The third-order valence-corrected chi connectivity index (χ3v) is 4.03. The molecule has 4 N–H and O–H groups in total. The molecule has 0 atom stereocenters. The number of hydrogen-bond donors (Lipinski definition) is 3. The molecule has 1 aromatic rings. The zero-order chi connectivity index (χ0) is 17.2. The van der Waals surface area contributed by atoms with Crippen LogP contribution in [-0.4, -0.2) is 50.5 Å². The molecule has 0 fully saturated rings. The van der Waals surface area contributed by atoms with Crippen LogP contribution in [0.2, 0.25) is 0 Å². The summed E-state index contributed by atoms with van der Waals surface area (Å²) < 4.78 is 27.8. The van der Waals surface area contributed by atoms with Crippen molar-refractivity contribution in [1.29, 1.82) is 0 Å². The maximum absolute atomic E-state index is 12.0. The fourth-order valence-corrected chi connectivity index (χ4v) is 2.73. The Morgan fingerprint density at radius 2 is 2.04 bits per heavy atom. The van der Waals surface area contributed by atoms with Gasteiger partial charge < -0.3 is 15.2 Å². The van der Waals surface area contributed by atoms with Crippen LogP contribution in [0.25, 0.3) is 0 Å². The first kappa shape index (κ1) is 16.9. The molecule has 0 bridgehead atoms. The van der Waals surface area contributed by atoms with Crippen molar-refractivity contribution in [3.8, 4) is 5.75 Å². The second-order valence-electron chi connectivity index (χ2n) is 4.61. The Balaban J connectivity index is 2.27. The van der Waals surface area contributed by atoms with Crippen LogP contribution in [0.5, 0.6) is 5.75 Å². The number of methoxy groups -OCH3 is 1. The molecule has 0 unspecified atom stereocenters. The number of nitrogens with zero attached hydrogens (tertiary/aromatic N) is 1. The van der Waals surface area contributed by atoms with Crippen LogP contribution in [0.4, 0.5) is 5.69 Å². The molecule has 2 rings (SSSR count). The van der Waals surface area contributed by atoms with Crippen molar-refractivity contribution in [2.45, 2.75) is 4.90 Å². The van der Waals surface area contributed by atoms with Gasteiger partial charge in [-0.2, -0.15) is 0 Å². The summed E-state index contributed by atoms with van der Waals surface area (Å²) in [6, 6.07) is 3.95. The number of anilines is 1. The number of hydrogen-bond acceptors (Lipinski definition) is 7. The topological polar surface area (TPSA) is 139 Å². The second kappa shape index (κ2) is 6.36. The number of rotatable bonds is 6. The minimum atomic E-state index is -3.95. The first-order valence-corrected chi connectivity index (χ1v) is 7.99. The molecule has 1 heterocycles. The van der Waals surface area contributed by atoms with E-state index in [0.717, 1.165) is 11.0 Å². The lowest BCUT2D eigenvalue weighted by molar-refractivity contribution is -0.137. The molecule has 23 heavy (non-hydrogen) atoms. The Bertz CT molecular complexity index is 787. The zero-order valence-corrected chi connectivity index (χ0v) is 13.0. The van der Waals surface area contributed by atoms with Crippen LogP contribution in [0, 0.1) is 0 Å². The molecule has 0 saturated heterocycles. The molecule has 0 radical (unpaired) electrons. The van der Waals surface area contributed by atoms with Gasteiger partial charge in [-0.05, 0) is 12.1 Å². The summed E-state index contributed by atoms with van der Waals surface area (Å²) in [5, 5.41) is 16.6. The molecule has 1 aliphatic rings. The number of nitrogens with two attached hydrogens (primary N) is 1. The SMILES string of the molecule is COc1cc(NC2=CC(=O)N(CCO)C2=O)ccc1S(N)(=O)=O. The van der Waals surface area contributed by atoms with Crippen LogP contribution >= 0.6 is 0 Å². The van der Waals surface area contributed by atoms with Crippen LogP contribution in [-0.2, 0) is 19.6 Å². The fourth-order valence-electron chi connectivity index (χ4n) is 2.05. The van der Waals surface area contributed by atoms with Crippen LogP contribution in [0.1, 0.15) is 0 Å². The molecule has 0 saturated carbocycles. The third-order valence-electron chi connectivity index (χ3n) is 3.08. The van der Waals surface area contributed by atoms with E-state index in [0.29, 0.717) is 5.69 Å². The Labute approximate surface area is 132 Å². The number of benzene rings is 1. The average molecular weight is 341 g/mol. The van der Waals surface area contributed by atoms with E-state index in [4.69, 9.17) is 15.0 Å². The molecule has 1 aromatic carbocycles. The molecule has 0 aromatic heterocycles. The molecule has 124 valence electrons. The Morgan fingerprint density at radius 1 is 1.35 bits per heavy atom. The highest BCUT2D eigenvalue weighted by Crippen LogP contribution is 2.27. The van der Waals surface area contributed by atoms with E-state index < -0.39 is 21.8 Å². The summed E-state index contributed by atoms with van der Waals surface area (Å²) in [5.41, 5.74) is 0.348. The highest BCUT2D eigenvalue weighted by Gasteiger charge is 2.30. The van der Waals surface area contributed by atoms with Crippen LogP contribution in [0.15, 0.2) is 34.9 Å². The van der Waals surface area contributed by atoms with Gasteiger partial charge in [0.15, 0.2) is 0 Å². The Hall–Kier alpha value is -2.43. The molecule has 9 nitrogen and oxygen atoms in total. The van der Waals surface area contributed by atoms with E-state index in [2.05, 4.69) is 5.32 Å². The number of nitrogens with one attached hydrogen (secondary N) is 1. The van der Waals surface area contributed by atoms with Gasteiger partial charge in [0, 0.05) is 17.8 Å². The first-order chi connectivity index (χ1) is 10.8. The van der Waals surface area contributed by atoms with Crippen molar-refractivity contribution in [3.63, 3.8) is 0 Å². The van der Waals surface area contributed by atoms with Crippen molar-refractivity contribution >= 4 is 27.5 Å². The lowest BCUT2D eigenvalue weighted by atomic mass is 10.3. The normalized spacial score (nSPS) is 14.9. The highest BCUT2D eigenvalue weighted by molar-refractivity contribution is 7.89. The number of amides is 2. The maximum Gasteiger partial charge on any atom is 0.277 e. The summed E-state index contributed by atoms with van der Waals surface area (Å²) in [6.45, 7) is -0.442. The first-order valence-electron chi connectivity index (χ1n) is 6.44. The van der Waals surface area contributed by atoms with E-state index in [1.54, 1.807) is 0 Å². The van der Waals surface area contributed by atoms with Gasteiger partial charge >= 0.3 is 0 Å². The number of ether oxygens (including phenoxy) is 1. The number of aliphatic hydroxyl groups excluding tert-OH is 1. The van der Waals surface area contributed by atoms with Crippen molar-refractivity contribution in [3.05, 3.63) is 30.0 Å². The van der Waals surface area contributed by atoms with Gasteiger partial charge in [0.25, 0.3) is 11.8 Å². The molecule has 2 amide bonds. The van der Waals surface area contributed by atoms with E-state index in [1.165, 1.54) is 25.3 Å². The van der Waals surface area contributed by atoms with E-state index in [-0.39, 0.29) is 29.5 Å². The smallest absolute Gasteiger partial charge is 0.277 e. The van der Waals surface area contributed by atoms with Gasteiger partial charge in [-0.3, -0.25) is 14.5 Å². The predicted octanol–water partition coefficient (Wildman–Crippen LogP) is -1.00. The van der Waals surface area contributed by atoms with E-state index >= 15 is 0 Å². The second-order valence-corrected chi connectivity index (χ2v) is 6.14. The van der Waals surface area contributed by atoms with Crippen molar-refractivity contribution in [2.24, 2.45) is 5.14 Å². The lowest BCUT2D eigenvalue weighted by Crippen LogP contribution is -2.34. The van der Waals surface area contributed by atoms with Gasteiger partial charge in [0.05, 0.1) is 20.3 Å². The zero-order valence-electron chi connectivity index (χ0n) is 12.1. The average Bonchev–Trinajstić information content (AvgIpc) is 2.74. The highest BCUT2D eigenvalue weighted by atomic mass is 32.2. The van der Waals surface area contributed by atoms with E-state index in [1.807, 2.05) is 0 Å². The Morgan fingerprint density at radius 3 is 2.61 bits per heavy atom. The lowest BCUT2D eigenvalue weighted by Gasteiger charge is -2.14. The van der Waals surface area contributed by atoms with Crippen molar-refractivity contribution < 1.29 is 27.9 Å². The van der Waals surface area contributed by atoms with Gasteiger partial charge in [-0.1, -0.05) is 0 Å². The molecular formula is C13H15N3O6S. The standard InChI is InChI=1S/C13H15N3O6S/c1-22-10-6-8(2-3-11(10)23(14,20)21)15-9-7-12(18)16(4-5-17)13(9)19/h2-3,6-7,15,17H,4-5H2,1H3,(H2,14,20,21). The summed E-state index contributed by atoms with van der Waals surface area (Å²) in [6.07, 6.45) is 1.10. The number of carbonyl (C=O) groups is 2. The summed E-state index contributed by atoms with van der Waals surface area (Å²) in [5.74, 6) is -1.12. The molecule has 0 spiro atoms. The van der Waals surface area contributed by atoms with Gasteiger partial charge in [-0.25, -0.2) is 13.6 Å². The summed E-state index contributed by atoms with van der Waals surface area (Å²) in [4.78, 5) is 24.3. The number of sulfonamides is 1. The number of primary sulfonamides is 1. The van der Waals surface area contributed by atoms with Gasteiger partial charge in [0.2, 0.25) is 10.0 Å². The largest absolute Gasteiger partial charge is 0.495 e. The summed E-state index contributed by atoms with van der Waals surface area (Å²) >= 11 is 0. The third kappa shape index (κ3) is 3.50. The monoisotopic (exact) mass is 341 g/mol. The minimum Gasteiger partial charge on any atom is -0.495 e. The van der Waals surface area contributed by atoms with E-state index in [9.17, 15) is 18.0 Å².